The Morgan fingerprint density at radius 1 is 1.47 bits per heavy atom. The molecule has 2 aromatic rings. The van der Waals surface area contributed by atoms with Crippen LogP contribution in [0.15, 0.2) is 24.8 Å². The highest BCUT2D eigenvalue weighted by Crippen LogP contribution is 2.27. The van der Waals surface area contributed by atoms with E-state index >= 15 is 0 Å². The summed E-state index contributed by atoms with van der Waals surface area (Å²) >= 11 is 0. The molecule has 0 amide bonds. The van der Waals surface area contributed by atoms with Crippen molar-refractivity contribution in [1.29, 1.82) is 0 Å². The van der Waals surface area contributed by atoms with Gasteiger partial charge in [-0.2, -0.15) is 0 Å². The molecule has 1 atom stereocenters. The van der Waals surface area contributed by atoms with Crippen molar-refractivity contribution in [2.24, 2.45) is 12.9 Å². The monoisotopic (exact) mass is 232 g/mol. The number of nitrogens with one attached hydrogen (secondary N) is 1. The number of nitrogens with zero attached hydrogens (tertiary/aromatic N) is 3. The molecule has 2 rings (SSSR count). The van der Waals surface area contributed by atoms with Crippen molar-refractivity contribution < 1.29 is 0 Å². The van der Waals surface area contributed by atoms with Crippen LogP contribution in [0.5, 0.6) is 0 Å². The molecule has 5 N–H and O–H groups in total. The number of hydrogen-bond acceptors (Lipinski definition) is 5. The Morgan fingerprint density at radius 3 is 2.76 bits per heavy atom. The van der Waals surface area contributed by atoms with Gasteiger partial charge in [-0.1, -0.05) is 0 Å². The van der Waals surface area contributed by atoms with E-state index in [0.717, 1.165) is 16.8 Å². The molecular weight excluding hydrogens is 216 g/mol. The van der Waals surface area contributed by atoms with Crippen molar-refractivity contribution >= 4 is 5.82 Å². The molecule has 0 radical (unpaired) electrons. The maximum atomic E-state index is 5.92. The third-order valence-electron chi connectivity index (χ3n) is 2.84. The van der Waals surface area contributed by atoms with Crippen LogP contribution in [0.3, 0.4) is 0 Å². The summed E-state index contributed by atoms with van der Waals surface area (Å²) in [7, 11) is 1.91. The van der Waals surface area contributed by atoms with Gasteiger partial charge in [0.05, 0.1) is 24.3 Å². The molecule has 0 bridgehead atoms. The molecule has 0 aliphatic carbocycles. The van der Waals surface area contributed by atoms with Gasteiger partial charge in [0, 0.05) is 18.8 Å². The number of hydrazine groups is 1. The summed E-state index contributed by atoms with van der Waals surface area (Å²) in [5, 5.41) is 0. The Balaban J connectivity index is 2.53. The minimum atomic E-state index is -0.212. The molecule has 6 heteroatoms. The van der Waals surface area contributed by atoms with E-state index in [1.54, 1.807) is 18.7 Å². The van der Waals surface area contributed by atoms with E-state index in [9.17, 15) is 0 Å². The minimum absolute atomic E-state index is 0.212. The third kappa shape index (κ3) is 2.00. The van der Waals surface area contributed by atoms with Crippen LogP contribution >= 0.6 is 0 Å². The number of nitrogen functional groups attached to an aromatic ring is 1. The van der Waals surface area contributed by atoms with Crippen LogP contribution < -0.4 is 17.0 Å². The average Bonchev–Trinajstić information content (AvgIpc) is 2.70. The zero-order valence-electron chi connectivity index (χ0n) is 9.88. The summed E-state index contributed by atoms with van der Waals surface area (Å²) < 4.78 is 1.90. The van der Waals surface area contributed by atoms with Crippen LogP contribution in [-0.2, 0) is 7.05 Å². The fraction of sp³-hybridized carbons (Fsp3) is 0.273. The van der Waals surface area contributed by atoms with Crippen LogP contribution in [0, 0.1) is 6.92 Å². The zero-order valence-corrected chi connectivity index (χ0v) is 9.88. The lowest BCUT2D eigenvalue weighted by Crippen LogP contribution is -2.31. The van der Waals surface area contributed by atoms with Gasteiger partial charge in [-0.3, -0.25) is 5.84 Å². The Kier molecular flexibility index (Phi) is 3.08. The second kappa shape index (κ2) is 4.52. The number of hydrogen-bond donors (Lipinski definition) is 3. The van der Waals surface area contributed by atoms with Gasteiger partial charge in [0.2, 0.25) is 0 Å². The average molecular weight is 232 g/mol. The van der Waals surface area contributed by atoms with Crippen molar-refractivity contribution in [2.45, 2.75) is 13.0 Å². The van der Waals surface area contributed by atoms with Gasteiger partial charge >= 0.3 is 0 Å². The minimum Gasteiger partial charge on any atom is -0.383 e. The summed E-state index contributed by atoms with van der Waals surface area (Å²) in [5.41, 5.74) is 11.6. The fourth-order valence-corrected chi connectivity index (χ4v) is 1.93. The van der Waals surface area contributed by atoms with Crippen LogP contribution in [0.1, 0.15) is 22.9 Å². The molecular formula is C11H16N6. The highest BCUT2D eigenvalue weighted by atomic mass is 15.3. The summed E-state index contributed by atoms with van der Waals surface area (Å²) in [5.74, 6) is 6.11. The molecule has 2 aromatic heterocycles. The van der Waals surface area contributed by atoms with Gasteiger partial charge in [-0.25, -0.2) is 15.4 Å². The van der Waals surface area contributed by atoms with Crippen molar-refractivity contribution in [3.8, 4) is 0 Å². The van der Waals surface area contributed by atoms with Crippen LogP contribution in [0.4, 0.5) is 5.82 Å². The molecule has 0 spiro atoms. The van der Waals surface area contributed by atoms with Gasteiger partial charge in [0.15, 0.2) is 0 Å². The Bertz CT molecular complexity index is 498. The summed E-state index contributed by atoms with van der Waals surface area (Å²) in [6.07, 6.45) is 5.17. The first-order valence-corrected chi connectivity index (χ1v) is 5.28. The SMILES string of the molecule is Cc1ccnc(N)c1C(NN)c1cncn1C. The normalized spacial score (nSPS) is 12.6. The van der Waals surface area contributed by atoms with Crippen LogP contribution in [0.2, 0.25) is 0 Å². The molecule has 1 unspecified atom stereocenters. The molecule has 0 fully saturated rings. The number of nitrogens with two attached hydrogens (primary N) is 2. The van der Waals surface area contributed by atoms with Gasteiger partial charge in [-0.05, 0) is 18.6 Å². The lowest BCUT2D eigenvalue weighted by atomic mass is 10.0. The second-order valence-corrected chi connectivity index (χ2v) is 3.96. The second-order valence-electron chi connectivity index (χ2n) is 3.96. The predicted molar refractivity (Wildman–Crippen MR) is 65.8 cm³/mol. The lowest BCUT2D eigenvalue weighted by Gasteiger charge is -2.20. The third-order valence-corrected chi connectivity index (χ3v) is 2.84. The van der Waals surface area contributed by atoms with E-state index in [-0.39, 0.29) is 6.04 Å². The molecule has 6 nitrogen and oxygen atoms in total. The van der Waals surface area contributed by atoms with Gasteiger partial charge in [0.1, 0.15) is 5.82 Å². The standard InChI is InChI=1S/C11H16N6/c1-7-3-4-15-11(12)9(7)10(16-13)8-5-14-6-17(8)2/h3-6,10,16H,13H2,1-2H3,(H2,12,15). The first kappa shape index (κ1) is 11.6. The van der Waals surface area contributed by atoms with Gasteiger partial charge < -0.3 is 10.3 Å². The van der Waals surface area contributed by atoms with Crippen LogP contribution in [-0.4, -0.2) is 14.5 Å². The maximum absolute atomic E-state index is 5.92. The number of aryl methyl sites for hydroxylation is 2. The summed E-state index contributed by atoms with van der Waals surface area (Å²) in [6.45, 7) is 1.98. The molecule has 0 aliphatic rings. The highest BCUT2D eigenvalue weighted by molar-refractivity contribution is 5.48. The smallest absolute Gasteiger partial charge is 0.128 e. The number of pyridine rings is 1. The quantitative estimate of drug-likeness (QED) is 0.521. The van der Waals surface area contributed by atoms with Crippen molar-refractivity contribution in [3.05, 3.63) is 41.6 Å². The fourth-order valence-electron chi connectivity index (χ4n) is 1.93. The molecule has 2 heterocycles. The zero-order chi connectivity index (χ0) is 12.4. The topological polar surface area (TPSA) is 94.8 Å². The van der Waals surface area contributed by atoms with Gasteiger partial charge in [-0.15, -0.1) is 0 Å². The number of imidazole rings is 1. The van der Waals surface area contributed by atoms with Crippen molar-refractivity contribution in [3.63, 3.8) is 0 Å². The summed E-state index contributed by atoms with van der Waals surface area (Å²) in [4.78, 5) is 8.18. The molecule has 0 aromatic carbocycles. The first-order chi connectivity index (χ1) is 8.15. The van der Waals surface area contributed by atoms with E-state index in [1.807, 2.05) is 24.6 Å². The van der Waals surface area contributed by atoms with E-state index in [0.29, 0.717) is 5.82 Å². The first-order valence-electron chi connectivity index (χ1n) is 5.28. The van der Waals surface area contributed by atoms with E-state index < -0.39 is 0 Å². The summed E-state index contributed by atoms with van der Waals surface area (Å²) in [6, 6.07) is 1.70. The molecule has 0 saturated carbocycles. The van der Waals surface area contributed by atoms with Crippen molar-refractivity contribution in [2.75, 3.05) is 5.73 Å². The largest absolute Gasteiger partial charge is 0.383 e. The number of aromatic nitrogens is 3. The molecule has 0 aliphatic heterocycles. The lowest BCUT2D eigenvalue weighted by molar-refractivity contribution is 0.594. The molecule has 0 saturated heterocycles. The van der Waals surface area contributed by atoms with Crippen LogP contribution in [0.25, 0.3) is 0 Å². The number of rotatable bonds is 3. The van der Waals surface area contributed by atoms with E-state index in [4.69, 9.17) is 11.6 Å². The Hall–Kier alpha value is -1.92. The van der Waals surface area contributed by atoms with E-state index in [2.05, 4.69) is 15.4 Å². The van der Waals surface area contributed by atoms with Crippen molar-refractivity contribution in [1.82, 2.24) is 20.0 Å². The van der Waals surface area contributed by atoms with Gasteiger partial charge in [0.25, 0.3) is 0 Å². The Morgan fingerprint density at radius 2 is 2.24 bits per heavy atom. The van der Waals surface area contributed by atoms with E-state index in [1.165, 1.54) is 0 Å². The maximum Gasteiger partial charge on any atom is 0.128 e. The highest BCUT2D eigenvalue weighted by Gasteiger charge is 2.20. The molecule has 17 heavy (non-hydrogen) atoms. The Labute approximate surface area is 99.6 Å². The number of anilines is 1. The molecule has 90 valence electrons. The predicted octanol–water partition coefficient (Wildman–Crippen LogP) is 0.258.